The van der Waals surface area contributed by atoms with Crippen LogP contribution in [0, 0.1) is 0 Å². The van der Waals surface area contributed by atoms with E-state index in [1.54, 1.807) is 18.2 Å². The Bertz CT molecular complexity index is 1070. The molecule has 0 saturated carbocycles. The number of fused-ring (bicyclic) bond motifs is 1. The Hall–Kier alpha value is -3.20. The van der Waals surface area contributed by atoms with E-state index in [9.17, 15) is 18.0 Å². The third-order valence-electron chi connectivity index (χ3n) is 5.40. The van der Waals surface area contributed by atoms with E-state index >= 15 is 0 Å². The summed E-state index contributed by atoms with van der Waals surface area (Å²) >= 11 is 0. The molecular weight excluding hydrogens is 395 g/mol. The molecular formula is C21H20F3N5O. The molecule has 4 N–H and O–H groups in total. The number of halogens is 3. The molecule has 1 fully saturated rings. The number of carbonyl (C=O) groups is 1. The summed E-state index contributed by atoms with van der Waals surface area (Å²) in [5, 5.41) is 7.36. The van der Waals surface area contributed by atoms with Gasteiger partial charge in [0.15, 0.2) is 0 Å². The van der Waals surface area contributed by atoms with Crippen molar-refractivity contribution in [3.63, 3.8) is 0 Å². The number of primary amides is 1. The number of hydrogen-bond donors (Lipinski definition) is 3. The summed E-state index contributed by atoms with van der Waals surface area (Å²) < 4.78 is 38.7. The van der Waals surface area contributed by atoms with Crippen molar-refractivity contribution in [2.24, 2.45) is 5.73 Å². The second-order valence-corrected chi connectivity index (χ2v) is 7.26. The van der Waals surface area contributed by atoms with E-state index in [1.807, 2.05) is 0 Å². The van der Waals surface area contributed by atoms with Crippen LogP contribution in [0.1, 0.15) is 33.8 Å². The quantitative estimate of drug-likeness (QED) is 0.608. The van der Waals surface area contributed by atoms with Gasteiger partial charge in [-0.1, -0.05) is 18.2 Å². The summed E-state index contributed by atoms with van der Waals surface area (Å²) in [7, 11) is 0. The first-order chi connectivity index (χ1) is 14.3. The number of alkyl halides is 3. The van der Waals surface area contributed by atoms with Crippen LogP contribution < -0.4 is 16.4 Å². The van der Waals surface area contributed by atoms with Gasteiger partial charge in [-0.05, 0) is 42.8 Å². The highest BCUT2D eigenvalue weighted by Crippen LogP contribution is 2.33. The zero-order valence-corrected chi connectivity index (χ0v) is 15.9. The van der Waals surface area contributed by atoms with Crippen molar-refractivity contribution in [1.29, 1.82) is 0 Å². The van der Waals surface area contributed by atoms with Gasteiger partial charge in [-0.25, -0.2) is 9.97 Å². The van der Waals surface area contributed by atoms with Crippen molar-refractivity contribution in [1.82, 2.24) is 15.3 Å². The van der Waals surface area contributed by atoms with E-state index in [2.05, 4.69) is 20.6 Å². The van der Waals surface area contributed by atoms with Gasteiger partial charge in [0, 0.05) is 23.9 Å². The van der Waals surface area contributed by atoms with Crippen molar-refractivity contribution >= 4 is 22.6 Å². The first-order valence-electron chi connectivity index (χ1n) is 9.52. The third-order valence-corrected chi connectivity index (χ3v) is 5.40. The average Bonchev–Trinajstić information content (AvgIpc) is 2.73. The van der Waals surface area contributed by atoms with Crippen LogP contribution in [0.2, 0.25) is 0 Å². The topological polar surface area (TPSA) is 92.9 Å². The van der Waals surface area contributed by atoms with E-state index in [-0.39, 0.29) is 12.0 Å². The molecule has 2 heterocycles. The van der Waals surface area contributed by atoms with Crippen molar-refractivity contribution < 1.29 is 18.0 Å². The van der Waals surface area contributed by atoms with Crippen LogP contribution in [0.25, 0.3) is 10.9 Å². The fraction of sp³-hybridized carbons (Fsp3) is 0.286. The highest BCUT2D eigenvalue weighted by molar-refractivity contribution is 6.06. The van der Waals surface area contributed by atoms with Crippen molar-refractivity contribution in [2.75, 3.05) is 18.4 Å². The van der Waals surface area contributed by atoms with Gasteiger partial charge < -0.3 is 16.4 Å². The Kier molecular flexibility index (Phi) is 5.29. The lowest BCUT2D eigenvalue weighted by atomic mass is 9.85. The van der Waals surface area contributed by atoms with Gasteiger partial charge in [0.2, 0.25) is 0 Å². The minimum absolute atomic E-state index is 0.00197. The van der Waals surface area contributed by atoms with Crippen LogP contribution in [-0.4, -0.2) is 35.0 Å². The molecule has 9 heteroatoms. The largest absolute Gasteiger partial charge is 0.416 e. The normalized spacial score (nSPS) is 19.6. The zero-order chi connectivity index (χ0) is 21.3. The van der Waals surface area contributed by atoms with Crippen LogP contribution in [0.15, 0.2) is 48.8 Å². The predicted molar refractivity (Wildman–Crippen MR) is 107 cm³/mol. The number of amides is 1. The predicted octanol–water partition coefficient (Wildman–Crippen LogP) is 3.31. The van der Waals surface area contributed by atoms with Gasteiger partial charge >= 0.3 is 6.18 Å². The smallest absolute Gasteiger partial charge is 0.366 e. The molecule has 0 aliphatic carbocycles. The molecule has 156 valence electrons. The van der Waals surface area contributed by atoms with E-state index in [0.717, 1.165) is 30.7 Å². The first kappa shape index (κ1) is 20.1. The highest BCUT2D eigenvalue weighted by atomic mass is 19.4. The number of nitrogens with zero attached hydrogens (tertiary/aromatic N) is 2. The van der Waals surface area contributed by atoms with Crippen molar-refractivity contribution in [3.8, 4) is 0 Å². The maximum absolute atomic E-state index is 12.9. The van der Waals surface area contributed by atoms with E-state index in [4.69, 9.17) is 5.73 Å². The second kappa shape index (κ2) is 7.91. The molecule has 0 bridgehead atoms. The molecule has 0 unspecified atom stereocenters. The molecule has 6 nitrogen and oxygen atoms in total. The third kappa shape index (κ3) is 3.93. The fourth-order valence-electron chi connectivity index (χ4n) is 3.91. The lowest BCUT2D eigenvalue weighted by Crippen LogP contribution is -2.44. The molecule has 0 radical (unpaired) electrons. The number of nitrogens with two attached hydrogens (primary N) is 1. The monoisotopic (exact) mass is 415 g/mol. The molecule has 1 aromatic heterocycles. The number of hydrogen-bond acceptors (Lipinski definition) is 5. The van der Waals surface area contributed by atoms with Crippen LogP contribution in [0.5, 0.6) is 0 Å². The summed E-state index contributed by atoms with van der Waals surface area (Å²) in [4.78, 5) is 20.2. The molecule has 30 heavy (non-hydrogen) atoms. The summed E-state index contributed by atoms with van der Waals surface area (Å²) in [6.07, 6.45) is -2.23. The first-order valence-corrected chi connectivity index (χ1v) is 9.52. The molecule has 0 spiro atoms. The van der Waals surface area contributed by atoms with Crippen LogP contribution >= 0.6 is 0 Å². The zero-order valence-electron chi connectivity index (χ0n) is 15.9. The summed E-state index contributed by atoms with van der Waals surface area (Å²) in [5.74, 6) is -0.0289. The SMILES string of the molecule is NC(=O)c1cccc2c(N[C@@H]3CNCC[C@H]3c3ccc(C(F)(F)F)cc3)ncnc12. The molecule has 1 saturated heterocycles. The number of piperidine rings is 1. The van der Waals surface area contributed by atoms with E-state index in [0.29, 0.717) is 28.8 Å². The van der Waals surface area contributed by atoms with Crippen LogP contribution in [0.4, 0.5) is 19.0 Å². The molecule has 3 aromatic rings. The standard InChI is InChI=1S/C21H20F3N5O/c22-21(23,24)13-6-4-12(5-7-13)14-8-9-26-10-17(14)29-20-16-3-1-2-15(19(25)30)18(16)27-11-28-20/h1-7,11,14,17,26H,8-10H2,(H2,25,30)(H,27,28,29)/t14-,17+/m0/s1. The number of nitrogens with one attached hydrogen (secondary N) is 2. The Labute approximate surface area is 170 Å². The van der Waals surface area contributed by atoms with Gasteiger partial charge in [-0.3, -0.25) is 4.79 Å². The second-order valence-electron chi connectivity index (χ2n) is 7.26. The summed E-state index contributed by atoms with van der Waals surface area (Å²) in [6.45, 7) is 1.38. The Balaban J connectivity index is 1.65. The molecule has 1 aliphatic heterocycles. The van der Waals surface area contributed by atoms with Gasteiger partial charge in [0.25, 0.3) is 5.91 Å². The summed E-state index contributed by atoms with van der Waals surface area (Å²) in [6, 6.07) is 10.3. The van der Waals surface area contributed by atoms with Gasteiger partial charge in [-0.2, -0.15) is 13.2 Å². The van der Waals surface area contributed by atoms with Gasteiger partial charge in [0.1, 0.15) is 12.1 Å². The minimum Gasteiger partial charge on any atom is -0.366 e. The van der Waals surface area contributed by atoms with Crippen LogP contribution in [-0.2, 0) is 6.18 Å². The van der Waals surface area contributed by atoms with Crippen molar-refractivity contribution in [2.45, 2.75) is 24.6 Å². The van der Waals surface area contributed by atoms with Gasteiger partial charge in [0.05, 0.1) is 16.6 Å². The van der Waals surface area contributed by atoms with Crippen molar-refractivity contribution in [3.05, 3.63) is 65.5 Å². The molecule has 1 amide bonds. The summed E-state index contributed by atoms with van der Waals surface area (Å²) in [5.41, 5.74) is 6.38. The molecule has 1 aliphatic rings. The number of carbonyl (C=O) groups excluding carboxylic acids is 1. The number of anilines is 1. The Morgan fingerprint density at radius 2 is 1.90 bits per heavy atom. The lowest BCUT2D eigenvalue weighted by molar-refractivity contribution is -0.137. The molecule has 2 aromatic carbocycles. The van der Waals surface area contributed by atoms with Crippen LogP contribution in [0.3, 0.4) is 0 Å². The molecule has 2 atom stereocenters. The highest BCUT2D eigenvalue weighted by Gasteiger charge is 2.32. The number of para-hydroxylation sites is 1. The molecule has 4 rings (SSSR count). The maximum Gasteiger partial charge on any atom is 0.416 e. The fourth-order valence-corrected chi connectivity index (χ4v) is 3.91. The average molecular weight is 415 g/mol. The number of rotatable bonds is 4. The number of aromatic nitrogens is 2. The Morgan fingerprint density at radius 3 is 2.60 bits per heavy atom. The van der Waals surface area contributed by atoms with E-state index < -0.39 is 17.6 Å². The number of benzene rings is 2. The van der Waals surface area contributed by atoms with E-state index in [1.165, 1.54) is 18.5 Å². The lowest BCUT2D eigenvalue weighted by Gasteiger charge is -2.34. The minimum atomic E-state index is -4.36. The van der Waals surface area contributed by atoms with Gasteiger partial charge in [-0.15, -0.1) is 0 Å². The maximum atomic E-state index is 12.9. The Morgan fingerprint density at radius 1 is 1.13 bits per heavy atom.